The van der Waals surface area contributed by atoms with Gasteiger partial charge in [-0.05, 0) is 20.8 Å². The molecule has 0 unspecified atom stereocenters. The molecule has 1 amide bonds. The third-order valence-electron chi connectivity index (χ3n) is 3.17. The van der Waals surface area contributed by atoms with Crippen LogP contribution < -0.4 is 5.56 Å². The fraction of sp³-hybridized carbons (Fsp3) is 0.429. The molecule has 0 bridgehead atoms. The summed E-state index contributed by atoms with van der Waals surface area (Å²) in [5.41, 5.74) is 1.39. The number of aryl methyl sites for hydroxylation is 3. The van der Waals surface area contributed by atoms with E-state index in [1.807, 2.05) is 0 Å². The van der Waals surface area contributed by atoms with Gasteiger partial charge in [-0.1, -0.05) is 5.16 Å². The second-order valence-corrected chi connectivity index (χ2v) is 5.07. The van der Waals surface area contributed by atoms with Crippen molar-refractivity contribution in [3.05, 3.63) is 45.0 Å². The van der Waals surface area contributed by atoms with Crippen molar-refractivity contribution in [1.82, 2.24) is 20.0 Å². The van der Waals surface area contributed by atoms with E-state index >= 15 is 0 Å². The number of likely N-dealkylation sites (N-methyl/N-ethyl adjacent to an activating group) is 1. The summed E-state index contributed by atoms with van der Waals surface area (Å²) in [7, 11) is 1.66. The molecule has 0 radical (unpaired) electrons. The monoisotopic (exact) mass is 290 g/mol. The molecule has 0 fully saturated rings. The zero-order chi connectivity index (χ0) is 15.6. The lowest BCUT2D eigenvalue weighted by atomic mass is 10.1. The van der Waals surface area contributed by atoms with Crippen molar-refractivity contribution in [2.24, 2.45) is 0 Å². The molecule has 21 heavy (non-hydrogen) atoms. The second-order valence-electron chi connectivity index (χ2n) is 5.07. The lowest BCUT2D eigenvalue weighted by Crippen LogP contribution is -2.31. The normalized spacial score (nSPS) is 10.7. The fourth-order valence-corrected chi connectivity index (χ4v) is 2.07. The Morgan fingerprint density at radius 3 is 2.67 bits per heavy atom. The second kappa shape index (κ2) is 5.90. The van der Waals surface area contributed by atoms with E-state index in [4.69, 9.17) is 4.52 Å². The van der Waals surface area contributed by atoms with Gasteiger partial charge in [0, 0.05) is 24.4 Å². The predicted molar refractivity (Wildman–Crippen MR) is 75.7 cm³/mol. The number of hydrogen-bond donors (Lipinski definition) is 1. The molecular formula is C14H18N4O3. The zero-order valence-electron chi connectivity index (χ0n) is 12.6. The van der Waals surface area contributed by atoms with Crippen LogP contribution in [-0.2, 0) is 17.8 Å². The van der Waals surface area contributed by atoms with Crippen molar-refractivity contribution in [2.75, 3.05) is 7.05 Å². The van der Waals surface area contributed by atoms with E-state index in [1.54, 1.807) is 33.9 Å². The third-order valence-corrected chi connectivity index (χ3v) is 3.17. The minimum absolute atomic E-state index is 0.0157. The van der Waals surface area contributed by atoms with E-state index in [0.29, 0.717) is 35.1 Å². The van der Waals surface area contributed by atoms with Gasteiger partial charge in [0.15, 0.2) is 0 Å². The molecule has 2 heterocycles. The van der Waals surface area contributed by atoms with Gasteiger partial charge in [-0.25, -0.2) is 4.98 Å². The SMILES string of the molecule is Cc1nc(C)c(CC(=O)N(C)Cc2cc(C)on2)c(=O)[nH]1. The molecule has 0 aliphatic heterocycles. The van der Waals surface area contributed by atoms with Crippen LogP contribution in [0.2, 0.25) is 0 Å². The van der Waals surface area contributed by atoms with E-state index in [9.17, 15) is 9.59 Å². The Kier molecular flexibility index (Phi) is 4.21. The number of carbonyl (C=O) groups is 1. The number of amides is 1. The lowest BCUT2D eigenvalue weighted by Gasteiger charge is -2.15. The number of nitrogens with one attached hydrogen (secondary N) is 1. The molecule has 0 spiro atoms. The molecule has 0 saturated heterocycles. The molecule has 2 aromatic rings. The van der Waals surface area contributed by atoms with E-state index in [-0.39, 0.29) is 17.9 Å². The lowest BCUT2D eigenvalue weighted by molar-refractivity contribution is -0.129. The maximum Gasteiger partial charge on any atom is 0.254 e. The van der Waals surface area contributed by atoms with Gasteiger partial charge in [-0.15, -0.1) is 0 Å². The average Bonchev–Trinajstić information content (AvgIpc) is 2.78. The van der Waals surface area contributed by atoms with Crippen LogP contribution in [0.5, 0.6) is 0 Å². The van der Waals surface area contributed by atoms with Crippen LogP contribution in [0.15, 0.2) is 15.4 Å². The Hall–Kier alpha value is -2.44. The number of rotatable bonds is 4. The first kappa shape index (κ1) is 15.0. The van der Waals surface area contributed by atoms with Gasteiger partial charge in [-0.3, -0.25) is 9.59 Å². The summed E-state index contributed by atoms with van der Waals surface area (Å²) >= 11 is 0. The summed E-state index contributed by atoms with van der Waals surface area (Å²) in [4.78, 5) is 32.4. The summed E-state index contributed by atoms with van der Waals surface area (Å²) in [6, 6.07) is 1.77. The van der Waals surface area contributed by atoms with Crippen molar-refractivity contribution in [3.63, 3.8) is 0 Å². The van der Waals surface area contributed by atoms with Crippen molar-refractivity contribution in [3.8, 4) is 0 Å². The van der Waals surface area contributed by atoms with Crippen molar-refractivity contribution >= 4 is 5.91 Å². The Morgan fingerprint density at radius 1 is 1.38 bits per heavy atom. The predicted octanol–water partition coefficient (Wildman–Crippen LogP) is 0.884. The fourth-order valence-electron chi connectivity index (χ4n) is 2.07. The highest BCUT2D eigenvalue weighted by atomic mass is 16.5. The number of carbonyl (C=O) groups excluding carboxylic acids is 1. The van der Waals surface area contributed by atoms with E-state index in [0.717, 1.165) is 0 Å². The molecule has 2 aromatic heterocycles. The van der Waals surface area contributed by atoms with Crippen molar-refractivity contribution in [2.45, 2.75) is 33.7 Å². The van der Waals surface area contributed by atoms with Gasteiger partial charge >= 0.3 is 0 Å². The maximum atomic E-state index is 12.2. The van der Waals surface area contributed by atoms with Gasteiger partial charge in [-0.2, -0.15) is 0 Å². The van der Waals surface area contributed by atoms with Crippen LogP contribution in [0.1, 0.15) is 28.5 Å². The summed E-state index contributed by atoms with van der Waals surface area (Å²) in [5.74, 6) is 1.07. The highest BCUT2D eigenvalue weighted by Gasteiger charge is 2.16. The molecule has 0 aliphatic rings. The maximum absolute atomic E-state index is 12.2. The van der Waals surface area contributed by atoms with E-state index < -0.39 is 0 Å². The Labute approximate surface area is 122 Å². The Balaban J connectivity index is 2.09. The summed E-state index contributed by atoms with van der Waals surface area (Å²) in [5, 5.41) is 3.84. The molecule has 1 N–H and O–H groups in total. The van der Waals surface area contributed by atoms with E-state index in [1.165, 1.54) is 4.90 Å². The standard InChI is InChI=1S/C14H18N4O3/c1-8-5-11(17-21-8)7-18(4)13(19)6-12-9(2)15-10(3)16-14(12)20/h5H,6-7H2,1-4H3,(H,15,16,20). The molecule has 112 valence electrons. The van der Waals surface area contributed by atoms with E-state index in [2.05, 4.69) is 15.1 Å². The molecule has 7 nitrogen and oxygen atoms in total. The summed E-state index contributed by atoms with van der Waals surface area (Å²) < 4.78 is 4.96. The first-order valence-electron chi connectivity index (χ1n) is 6.59. The average molecular weight is 290 g/mol. The largest absolute Gasteiger partial charge is 0.361 e. The smallest absolute Gasteiger partial charge is 0.254 e. The van der Waals surface area contributed by atoms with Crippen LogP contribution >= 0.6 is 0 Å². The Bertz CT molecular complexity index is 717. The van der Waals surface area contributed by atoms with Crippen molar-refractivity contribution in [1.29, 1.82) is 0 Å². The van der Waals surface area contributed by atoms with Crippen molar-refractivity contribution < 1.29 is 9.32 Å². The highest BCUT2D eigenvalue weighted by Crippen LogP contribution is 2.07. The van der Waals surface area contributed by atoms with Gasteiger partial charge in [0.25, 0.3) is 5.56 Å². The summed E-state index contributed by atoms with van der Waals surface area (Å²) in [6.45, 7) is 5.57. The zero-order valence-corrected chi connectivity index (χ0v) is 12.6. The van der Waals surface area contributed by atoms with Gasteiger partial charge in [0.1, 0.15) is 17.3 Å². The quantitative estimate of drug-likeness (QED) is 0.902. The third kappa shape index (κ3) is 3.56. The first-order valence-corrected chi connectivity index (χ1v) is 6.59. The Morgan fingerprint density at radius 2 is 2.10 bits per heavy atom. The highest BCUT2D eigenvalue weighted by molar-refractivity contribution is 5.78. The summed E-state index contributed by atoms with van der Waals surface area (Å²) in [6.07, 6.45) is 0.0157. The van der Waals surface area contributed by atoms with Crippen LogP contribution in [-0.4, -0.2) is 33.0 Å². The number of H-pyrrole nitrogens is 1. The number of aromatic amines is 1. The first-order chi connectivity index (χ1) is 9.86. The van der Waals surface area contributed by atoms with Crippen LogP contribution in [0.25, 0.3) is 0 Å². The number of hydrogen-bond acceptors (Lipinski definition) is 5. The molecular weight excluding hydrogens is 272 g/mol. The molecule has 0 atom stereocenters. The number of nitrogens with zero attached hydrogens (tertiary/aromatic N) is 3. The number of aromatic nitrogens is 3. The molecule has 0 aromatic carbocycles. The van der Waals surface area contributed by atoms with Crippen LogP contribution in [0.4, 0.5) is 0 Å². The molecule has 0 aliphatic carbocycles. The molecule has 0 saturated carbocycles. The van der Waals surface area contributed by atoms with Crippen LogP contribution in [0, 0.1) is 20.8 Å². The van der Waals surface area contributed by atoms with Crippen LogP contribution in [0.3, 0.4) is 0 Å². The molecule has 2 rings (SSSR count). The topological polar surface area (TPSA) is 92.1 Å². The van der Waals surface area contributed by atoms with Gasteiger partial charge in [0.05, 0.1) is 13.0 Å². The molecule has 7 heteroatoms. The van der Waals surface area contributed by atoms with Gasteiger partial charge in [0.2, 0.25) is 5.91 Å². The minimum Gasteiger partial charge on any atom is -0.361 e. The van der Waals surface area contributed by atoms with Gasteiger partial charge < -0.3 is 14.4 Å². The minimum atomic E-state index is -0.265.